The molecular weight excluding hydrogens is 330 g/mol. The minimum absolute atomic E-state index is 0.332. The Morgan fingerprint density at radius 2 is 1.52 bits per heavy atom. The van der Waals surface area contributed by atoms with Crippen molar-refractivity contribution in [2.24, 2.45) is 11.8 Å². The predicted octanol–water partition coefficient (Wildman–Crippen LogP) is 7.07. The van der Waals surface area contributed by atoms with Crippen LogP contribution in [0.3, 0.4) is 0 Å². The zero-order valence-corrected chi connectivity index (χ0v) is 16.9. The van der Waals surface area contributed by atoms with Crippen LogP contribution in [-0.2, 0) is 0 Å². The standard InChI is InChI=1S/C22H34F2Si/c1-2-13-25-14-11-18(12-15-25)4-3-17-5-7-19(8-6-17)20-9-10-21(23)22(24)16-20/h9-10,16-19,25H,2-8,11-15H2,1H3/t17-,18?,19-,25?. The largest absolute Gasteiger partial charge is 0.204 e. The fourth-order valence-electron chi connectivity index (χ4n) is 5.24. The highest BCUT2D eigenvalue weighted by molar-refractivity contribution is 6.58. The highest BCUT2D eigenvalue weighted by Gasteiger charge is 2.25. The Balaban J connectivity index is 1.37. The van der Waals surface area contributed by atoms with Gasteiger partial charge in [0.2, 0.25) is 0 Å². The normalized spacial score (nSPS) is 30.4. The van der Waals surface area contributed by atoms with E-state index in [4.69, 9.17) is 0 Å². The predicted molar refractivity (Wildman–Crippen MR) is 105 cm³/mol. The SMILES string of the molecule is CCC[SiH]1CCC(CC[C@H]2CC[C@H](c3ccc(F)c(F)c3)CC2)CC1. The quantitative estimate of drug-likeness (QED) is 0.474. The Kier molecular flexibility index (Phi) is 7.09. The zero-order valence-electron chi connectivity index (χ0n) is 15.8. The van der Waals surface area contributed by atoms with Crippen LogP contribution in [0.15, 0.2) is 18.2 Å². The van der Waals surface area contributed by atoms with Gasteiger partial charge in [0.05, 0.1) is 0 Å². The highest BCUT2D eigenvalue weighted by atomic mass is 28.3. The van der Waals surface area contributed by atoms with E-state index in [0.29, 0.717) is 5.92 Å². The van der Waals surface area contributed by atoms with Gasteiger partial charge in [0.25, 0.3) is 0 Å². The van der Waals surface area contributed by atoms with Crippen molar-refractivity contribution < 1.29 is 8.78 Å². The maximum atomic E-state index is 13.4. The number of halogens is 2. The molecule has 2 fully saturated rings. The Bertz CT molecular complexity index is 529. The first-order valence-electron chi connectivity index (χ1n) is 10.6. The lowest BCUT2D eigenvalue weighted by Crippen LogP contribution is -2.22. The maximum absolute atomic E-state index is 13.4. The second-order valence-electron chi connectivity index (χ2n) is 8.64. The van der Waals surface area contributed by atoms with Gasteiger partial charge in [-0.05, 0) is 61.1 Å². The summed E-state index contributed by atoms with van der Waals surface area (Å²) in [5.74, 6) is 0.884. The highest BCUT2D eigenvalue weighted by Crippen LogP contribution is 2.39. The van der Waals surface area contributed by atoms with Gasteiger partial charge in [-0.3, -0.25) is 0 Å². The Labute approximate surface area is 154 Å². The van der Waals surface area contributed by atoms with E-state index in [-0.39, 0.29) is 8.80 Å². The topological polar surface area (TPSA) is 0 Å². The lowest BCUT2D eigenvalue weighted by atomic mass is 9.76. The molecule has 25 heavy (non-hydrogen) atoms. The minimum Gasteiger partial charge on any atom is -0.204 e. The van der Waals surface area contributed by atoms with Gasteiger partial charge in [-0.15, -0.1) is 0 Å². The fourth-order valence-corrected chi connectivity index (χ4v) is 8.81. The molecule has 0 aromatic heterocycles. The van der Waals surface area contributed by atoms with Crippen molar-refractivity contribution in [2.75, 3.05) is 0 Å². The number of benzene rings is 1. The van der Waals surface area contributed by atoms with Crippen LogP contribution >= 0.6 is 0 Å². The van der Waals surface area contributed by atoms with E-state index >= 15 is 0 Å². The number of hydrogen-bond acceptors (Lipinski definition) is 0. The number of hydrogen-bond donors (Lipinski definition) is 0. The summed E-state index contributed by atoms with van der Waals surface area (Å²) < 4.78 is 26.5. The van der Waals surface area contributed by atoms with Crippen LogP contribution in [0.4, 0.5) is 8.78 Å². The van der Waals surface area contributed by atoms with Gasteiger partial charge in [0.1, 0.15) is 0 Å². The molecule has 1 heterocycles. The Hall–Kier alpha value is -0.703. The Morgan fingerprint density at radius 3 is 2.12 bits per heavy atom. The first kappa shape index (κ1) is 19.1. The molecule has 2 aliphatic rings. The minimum atomic E-state index is -0.728. The molecule has 0 atom stereocenters. The van der Waals surface area contributed by atoms with E-state index in [1.54, 1.807) is 24.2 Å². The summed E-state index contributed by atoms with van der Waals surface area (Å²) in [7, 11) is -0.332. The second-order valence-corrected chi connectivity index (χ2v) is 12.1. The molecule has 140 valence electrons. The summed E-state index contributed by atoms with van der Waals surface area (Å²) >= 11 is 0. The summed E-state index contributed by atoms with van der Waals surface area (Å²) in [6, 6.07) is 9.25. The summed E-state index contributed by atoms with van der Waals surface area (Å²) in [5, 5.41) is 0. The molecule has 1 aromatic rings. The van der Waals surface area contributed by atoms with Crippen molar-refractivity contribution >= 4 is 8.80 Å². The van der Waals surface area contributed by atoms with Gasteiger partial charge < -0.3 is 0 Å². The van der Waals surface area contributed by atoms with Gasteiger partial charge in [0, 0.05) is 8.80 Å². The van der Waals surface area contributed by atoms with E-state index in [2.05, 4.69) is 6.92 Å². The van der Waals surface area contributed by atoms with Crippen LogP contribution in [0.2, 0.25) is 18.1 Å². The van der Waals surface area contributed by atoms with Crippen LogP contribution in [0.25, 0.3) is 0 Å². The molecule has 0 amide bonds. The molecule has 1 aromatic carbocycles. The van der Waals surface area contributed by atoms with Crippen molar-refractivity contribution in [2.45, 2.75) is 88.8 Å². The molecule has 1 aliphatic heterocycles. The number of rotatable bonds is 6. The molecule has 1 saturated heterocycles. The molecule has 0 radical (unpaired) electrons. The smallest absolute Gasteiger partial charge is 0.159 e. The van der Waals surface area contributed by atoms with Gasteiger partial charge >= 0.3 is 0 Å². The van der Waals surface area contributed by atoms with E-state index in [0.717, 1.165) is 30.2 Å². The maximum Gasteiger partial charge on any atom is 0.159 e. The van der Waals surface area contributed by atoms with Crippen molar-refractivity contribution in [1.82, 2.24) is 0 Å². The van der Waals surface area contributed by atoms with Crippen molar-refractivity contribution in [1.29, 1.82) is 0 Å². The van der Waals surface area contributed by atoms with Gasteiger partial charge in [-0.2, -0.15) is 0 Å². The van der Waals surface area contributed by atoms with Gasteiger partial charge in [-0.25, -0.2) is 8.78 Å². The lowest BCUT2D eigenvalue weighted by molar-refractivity contribution is 0.280. The first-order valence-corrected chi connectivity index (χ1v) is 13.1. The van der Waals surface area contributed by atoms with Gasteiger partial charge in [0.15, 0.2) is 11.6 Å². The molecule has 1 saturated carbocycles. The molecule has 1 aliphatic carbocycles. The van der Waals surface area contributed by atoms with Gasteiger partial charge in [-0.1, -0.05) is 63.2 Å². The van der Waals surface area contributed by atoms with Crippen LogP contribution < -0.4 is 0 Å². The van der Waals surface area contributed by atoms with Crippen molar-refractivity contribution in [3.8, 4) is 0 Å². The van der Waals surface area contributed by atoms with Crippen molar-refractivity contribution in [3.63, 3.8) is 0 Å². The van der Waals surface area contributed by atoms with Crippen LogP contribution in [0, 0.1) is 23.5 Å². The van der Waals surface area contributed by atoms with E-state index in [1.165, 1.54) is 57.1 Å². The van der Waals surface area contributed by atoms with Crippen LogP contribution in [0.1, 0.15) is 76.2 Å². The summed E-state index contributed by atoms with van der Waals surface area (Å²) in [4.78, 5) is 0. The average molecular weight is 365 g/mol. The third-order valence-corrected chi connectivity index (χ3v) is 10.6. The van der Waals surface area contributed by atoms with E-state index in [9.17, 15) is 8.78 Å². The molecule has 0 unspecified atom stereocenters. The molecule has 0 spiro atoms. The average Bonchev–Trinajstić information content (AvgIpc) is 2.64. The van der Waals surface area contributed by atoms with Crippen LogP contribution in [0.5, 0.6) is 0 Å². The monoisotopic (exact) mass is 364 g/mol. The summed E-state index contributed by atoms with van der Waals surface area (Å²) in [5.41, 5.74) is 0.997. The molecule has 0 nitrogen and oxygen atoms in total. The fraction of sp³-hybridized carbons (Fsp3) is 0.727. The molecule has 0 N–H and O–H groups in total. The van der Waals surface area contributed by atoms with Crippen molar-refractivity contribution in [3.05, 3.63) is 35.4 Å². The lowest BCUT2D eigenvalue weighted by Gasteiger charge is -2.32. The molecule has 3 rings (SSSR count). The first-order chi connectivity index (χ1) is 12.2. The summed E-state index contributed by atoms with van der Waals surface area (Å²) in [6.45, 7) is 2.34. The molecule has 0 bridgehead atoms. The second kappa shape index (κ2) is 9.30. The summed E-state index contributed by atoms with van der Waals surface area (Å²) in [6.07, 6.45) is 12.1. The van der Waals surface area contributed by atoms with E-state index in [1.807, 2.05) is 0 Å². The third-order valence-electron chi connectivity index (χ3n) is 6.91. The third kappa shape index (κ3) is 5.38. The Morgan fingerprint density at radius 1 is 0.880 bits per heavy atom. The molecular formula is C22H34F2Si. The van der Waals surface area contributed by atoms with E-state index < -0.39 is 11.6 Å². The molecule has 3 heteroatoms. The van der Waals surface area contributed by atoms with Crippen LogP contribution in [-0.4, -0.2) is 8.80 Å². The zero-order chi connectivity index (χ0) is 17.6.